The van der Waals surface area contributed by atoms with Crippen molar-refractivity contribution in [2.24, 2.45) is 0 Å². The highest BCUT2D eigenvalue weighted by Crippen LogP contribution is 2.41. The summed E-state index contributed by atoms with van der Waals surface area (Å²) < 4.78 is 10.4. The summed E-state index contributed by atoms with van der Waals surface area (Å²) in [6.45, 7) is 2.01. The molecule has 0 spiro atoms. The molecule has 1 saturated carbocycles. The van der Waals surface area contributed by atoms with Crippen molar-refractivity contribution in [1.29, 1.82) is 0 Å². The fraction of sp³-hybridized carbons (Fsp3) is 0.417. The molecule has 0 N–H and O–H groups in total. The molecule has 0 amide bonds. The molecule has 2 rings (SSSR count). The lowest BCUT2D eigenvalue weighted by Crippen LogP contribution is -2.30. The van der Waals surface area contributed by atoms with Gasteiger partial charge < -0.3 is 9.47 Å². The molecular weight excluding hydrogens is 192 g/mol. The maximum Gasteiger partial charge on any atom is 0.350 e. The normalized spacial score (nSPS) is 16.9. The highest BCUT2D eigenvalue weighted by atomic mass is 16.6. The van der Waals surface area contributed by atoms with Crippen LogP contribution in [0.25, 0.3) is 0 Å². The SMILES string of the molecule is COC(=O)C1(Oc2ccc(C)cc2)CC1. The molecule has 15 heavy (non-hydrogen) atoms. The fourth-order valence-corrected chi connectivity index (χ4v) is 1.48. The molecule has 1 aromatic rings. The van der Waals surface area contributed by atoms with E-state index in [-0.39, 0.29) is 5.97 Å². The molecule has 0 unspecified atom stereocenters. The minimum absolute atomic E-state index is 0.275. The van der Waals surface area contributed by atoms with E-state index in [0.29, 0.717) is 0 Å². The van der Waals surface area contributed by atoms with Crippen molar-refractivity contribution in [3.63, 3.8) is 0 Å². The third-order valence-corrected chi connectivity index (χ3v) is 2.60. The Bertz CT molecular complexity index is 363. The second-order valence-corrected chi connectivity index (χ2v) is 3.90. The second kappa shape index (κ2) is 3.57. The van der Waals surface area contributed by atoms with Crippen LogP contribution in [0.15, 0.2) is 24.3 Å². The van der Waals surface area contributed by atoms with Gasteiger partial charge in [-0.3, -0.25) is 0 Å². The summed E-state index contributed by atoms with van der Waals surface area (Å²) in [4.78, 5) is 11.4. The molecule has 0 aliphatic heterocycles. The van der Waals surface area contributed by atoms with Gasteiger partial charge >= 0.3 is 5.97 Å². The maximum absolute atomic E-state index is 11.4. The molecule has 1 aromatic carbocycles. The highest BCUT2D eigenvalue weighted by molar-refractivity contribution is 5.83. The van der Waals surface area contributed by atoms with Crippen molar-refractivity contribution in [2.45, 2.75) is 25.4 Å². The number of aryl methyl sites for hydroxylation is 1. The fourth-order valence-electron chi connectivity index (χ4n) is 1.48. The first-order valence-electron chi connectivity index (χ1n) is 5.00. The first kappa shape index (κ1) is 10.0. The number of methoxy groups -OCH3 is 1. The first-order chi connectivity index (χ1) is 7.16. The summed E-state index contributed by atoms with van der Waals surface area (Å²) in [7, 11) is 1.39. The van der Waals surface area contributed by atoms with Crippen LogP contribution in [0.1, 0.15) is 18.4 Å². The van der Waals surface area contributed by atoms with Gasteiger partial charge in [-0.25, -0.2) is 4.79 Å². The van der Waals surface area contributed by atoms with E-state index < -0.39 is 5.60 Å². The molecule has 0 atom stereocenters. The van der Waals surface area contributed by atoms with Gasteiger partial charge in [0.2, 0.25) is 5.60 Å². The van der Waals surface area contributed by atoms with E-state index in [4.69, 9.17) is 9.47 Å². The van der Waals surface area contributed by atoms with Crippen LogP contribution in [0.4, 0.5) is 0 Å². The number of esters is 1. The predicted molar refractivity (Wildman–Crippen MR) is 55.8 cm³/mol. The average molecular weight is 206 g/mol. The molecule has 0 aromatic heterocycles. The van der Waals surface area contributed by atoms with E-state index in [0.717, 1.165) is 18.6 Å². The van der Waals surface area contributed by atoms with E-state index in [1.165, 1.54) is 12.7 Å². The third kappa shape index (κ3) is 1.96. The lowest BCUT2D eigenvalue weighted by Gasteiger charge is -2.15. The van der Waals surface area contributed by atoms with Gasteiger partial charge in [-0.15, -0.1) is 0 Å². The zero-order valence-corrected chi connectivity index (χ0v) is 8.95. The molecular formula is C12H14O3. The molecule has 0 radical (unpaired) electrons. The summed E-state index contributed by atoms with van der Waals surface area (Å²) in [5.41, 5.74) is 0.467. The van der Waals surface area contributed by atoms with Crippen molar-refractivity contribution in [3.05, 3.63) is 29.8 Å². The van der Waals surface area contributed by atoms with E-state index in [1.807, 2.05) is 31.2 Å². The highest BCUT2D eigenvalue weighted by Gasteiger charge is 2.54. The number of rotatable bonds is 3. The molecule has 0 bridgehead atoms. The van der Waals surface area contributed by atoms with Crippen molar-refractivity contribution in [3.8, 4) is 5.75 Å². The van der Waals surface area contributed by atoms with Crippen LogP contribution >= 0.6 is 0 Å². The second-order valence-electron chi connectivity index (χ2n) is 3.90. The van der Waals surface area contributed by atoms with Crippen LogP contribution < -0.4 is 4.74 Å². The van der Waals surface area contributed by atoms with E-state index in [9.17, 15) is 4.79 Å². The van der Waals surface area contributed by atoms with Gasteiger partial charge in [0.1, 0.15) is 5.75 Å². The number of benzene rings is 1. The van der Waals surface area contributed by atoms with Gasteiger partial charge in [0.25, 0.3) is 0 Å². The van der Waals surface area contributed by atoms with E-state index in [2.05, 4.69) is 0 Å². The van der Waals surface area contributed by atoms with Gasteiger partial charge in [-0.2, -0.15) is 0 Å². The monoisotopic (exact) mass is 206 g/mol. The molecule has 0 heterocycles. The quantitative estimate of drug-likeness (QED) is 0.710. The van der Waals surface area contributed by atoms with E-state index >= 15 is 0 Å². The van der Waals surface area contributed by atoms with Crippen LogP contribution in [0, 0.1) is 6.92 Å². The van der Waals surface area contributed by atoms with Crippen LogP contribution in [-0.2, 0) is 9.53 Å². The number of ether oxygens (including phenoxy) is 2. The topological polar surface area (TPSA) is 35.5 Å². The third-order valence-electron chi connectivity index (χ3n) is 2.60. The summed E-state index contributed by atoms with van der Waals surface area (Å²) in [6, 6.07) is 7.67. The Kier molecular flexibility index (Phi) is 2.39. The van der Waals surface area contributed by atoms with Gasteiger partial charge in [0.15, 0.2) is 0 Å². The lowest BCUT2D eigenvalue weighted by atomic mass is 10.2. The van der Waals surface area contributed by atoms with Crippen molar-refractivity contribution in [2.75, 3.05) is 7.11 Å². The summed E-state index contributed by atoms with van der Waals surface area (Å²) in [6.07, 6.45) is 1.49. The standard InChI is InChI=1S/C12H14O3/c1-9-3-5-10(6-4-9)15-12(7-8-12)11(13)14-2/h3-6H,7-8H2,1-2H3. The average Bonchev–Trinajstić information content (AvgIpc) is 3.01. The first-order valence-corrected chi connectivity index (χ1v) is 5.00. The van der Waals surface area contributed by atoms with Crippen LogP contribution in [0.5, 0.6) is 5.75 Å². The zero-order valence-electron chi connectivity index (χ0n) is 8.95. The molecule has 80 valence electrons. The van der Waals surface area contributed by atoms with Crippen molar-refractivity contribution < 1.29 is 14.3 Å². The van der Waals surface area contributed by atoms with Crippen LogP contribution in [0.3, 0.4) is 0 Å². The molecule has 1 aliphatic carbocycles. The minimum Gasteiger partial charge on any atom is -0.476 e. The Morgan fingerprint density at radius 1 is 1.27 bits per heavy atom. The smallest absolute Gasteiger partial charge is 0.350 e. The Hall–Kier alpha value is -1.51. The Morgan fingerprint density at radius 2 is 1.87 bits per heavy atom. The Balaban J connectivity index is 2.09. The summed E-state index contributed by atoms with van der Waals surface area (Å²) in [5, 5.41) is 0. The van der Waals surface area contributed by atoms with Crippen molar-refractivity contribution >= 4 is 5.97 Å². The largest absolute Gasteiger partial charge is 0.476 e. The van der Waals surface area contributed by atoms with Crippen LogP contribution in [-0.4, -0.2) is 18.7 Å². The number of hydrogen-bond donors (Lipinski definition) is 0. The summed E-state index contributed by atoms with van der Waals surface area (Å²) in [5.74, 6) is 0.451. The van der Waals surface area contributed by atoms with Gasteiger partial charge in [-0.05, 0) is 19.1 Å². The molecule has 3 heteroatoms. The van der Waals surface area contributed by atoms with E-state index in [1.54, 1.807) is 0 Å². The maximum atomic E-state index is 11.4. The van der Waals surface area contributed by atoms with Crippen LogP contribution in [0.2, 0.25) is 0 Å². The predicted octanol–water partition coefficient (Wildman–Crippen LogP) is 2.08. The molecule has 1 fully saturated rings. The molecule has 0 saturated heterocycles. The van der Waals surface area contributed by atoms with Gasteiger partial charge in [0.05, 0.1) is 7.11 Å². The number of carbonyl (C=O) groups is 1. The molecule has 1 aliphatic rings. The van der Waals surface area contributed by atoms with Gasteiger partial charge in [-0.1, -0.05) is 17.7 Å². The minimum atomic E-state index is -0.704. The number of hydrogen-bond acceptors (Lipinski definition) is 3. The molecule has 3 nitrogen and oxygen atoms in total. The number of carbonyl (C=O) groups excluding carboxylic acids is 1. The summed E-state index contributed by atoms with van der Waals surface area (Å²) >= 11 is 0. The Labute approximate surface area is 89.0 Å². The lowest BCUT2D eigenvalue weighted by molar-refractivity contribution is -0.151. The van der Waals surface area contributed by atoms with Gasteiger partial charge in [0, 0.05) is 12.8 Å². The Morgan fingerprint density at radius 3 is 2.33 bits per heavy atom. The zero-order chi connectivity index (χ0) is 10.9. The van der Waals surface area contributed by atoms with Crippen molar-refractivity contribution in [1.82, 2.24) is 0 Å².